The molecule has 0 spiro atoms. The number of rotatable bonds is 4. The summed E-state index contributed by atoms with van der Waals surface area (Å²) in [6, 6.07) is 8.03. The van der Waals surface area contributed by atoms with Crippen LogP contribution >= 0.6 is 36.2 Å². The molecule has 1 aromatic carbocycles. The molecule has 3 heterocycles. The Morgan fingerprint density at radius 2 is 1.86 bits per heavy atom. The number of benzene rings is 1. The number of fused-ring (bicyclic) bond motifs is 1. The smallest absolute Gasteiger partial charge is 0.237 e. The van der Waals surface area contributed by atoms with E-state index in [1.165, 1.54) is 4.70 Å². The Labute approximate surface area is 182 Å². The van der Waals surface area contributed by atoms with Gasteiger partial charge in [0, 0.05) is 32.3 Å². The van der Waals surface area contributed by atoms with Gasteiger partial charge in [0.15, 0.2) is 5.13 Å². The molecule has 1 aromatic heterocycles. The number of halogens is 2. The van der Waals surface area contributed by atoms with Crippen LogP contribution in [0.5, 0.6) is 0 Å². The van der Waals surface area contributed by atoms with Crippen LogP contribution in [0.3, 0.4) is 0 Å². The van der Waals surface area contributed by atoms with Crippen LogP contribution < -0.4 is 16.0 Å². The minimum absolute atomic E-state index is 0. The normalized spacial score (nSPS) is 19.5. The molecule has 3 N–H and O–H groups in total. The molecule has 2 fully saturated rings. The van der Waals surface area contributed by atoms with Crippen LogP contribution in [0.1, 0.15) is 25.7 Å². The number of hydrogen-bond donors (Lipinski definition) is 2. The average molecular weight is 447 g/mol. The van der Waals surface area contributed by atoms with Crippen molar-refractivity contribution in [3.05, 3.63) is 24.3 Å². The lowest BCUT2D eigenvalue weighted by atomic mass is 9.91. The largest absolute Gasteiger partial charge is 0.381 e. The highest BCUT2D eigenvalue weighted by atomic mass is 35.5. The second-order valence-electron chi connectivity index (χ2n) is 7.21. The van der Waals surface area contributed by atoms with Crippen molar-refractivity contribution in [2.24, 2.45) is 11.7 Å². The molecule has 1 unspecified atom stereocenters. The maximum absolute atomic E-state index is 12.5. The number of nitrogens with two attached hydrogens (primary N) is 1. The van der Waals surface area contributed by atoms with Gasteiger partial charge in [-0.1, -0.05) is 23.5 Å². The van der Waals surface area contributed by atoms with Crippen molar-refractivity contribution in [2.75, 3.05) is 31.2 Å². The van der Waals surface area contributed by atoms with E-state index < -0.39 is 6.04 Å². The molecule has 0 saturated carbocycles. The van der Waals surface area contributed by atoms with E-state index >= 15 is 0 Å². The van der Waals surface area contributed by atoms with Crippen molar-refractivity contribution in [1.82, 2.24) is 10.3 Å². The van der Waals surface area contributed by atoms with E-state index in [-0.39, 0.29) is 42.7 Å². The molecule has 9 heteroatoms. The van der Waals surface area contributed by atoms with Crippen LogP contribution in [-0.4, -0.2) is 49.3 Å². The number of piperidine rings is 1. The number of anilines is 1. The molecule has 2 aliphatic rings. The fraction of sp³-hybridized carbons (Fsp3) is 0.579. The van der Waals surface area contributed by atoms with Gasteiger partial charge in [-0.25, -0.2) is 4.98 Å². The fourth-order valence-electron chi connectivity index (χ4n) is 3.80. The van der Waals surface area contributed by atoms with Crippen molar-refractivity contribution in [2.45, 2.75) is 37.8 Å². The van der Waals surface area contributed by atoms with Crippen molar-refractivity contribution < 1.29 is 9.53 Å². The van der Waals surface area contributed by atoms with Crippen molar-refractivity contribution in [1.29, 1.82) is 0 Å². The first-order chi connectivity index (χ1) is 12.7. The molecule has 4 rings (SSSR count). The van der Waals surface area contributed by atoms with Crippen LogP contribution in [-0.2, 0) is 9.53 Å². The van der Waals surface area contributed by atoms with Crippen molar-refractivity contribution in [3.63, 3.8) is 0 Å². The lowest BCUT2D eigenvalue weighted by molar-refractivity contribution is -0.125. The van der Waals surface area contributed by atoms with Gasteiger partial charge in [0.1, 0.15) is 0 Å². The summed E-state index contributed by atoms with van der Waals surface area (Å²) in [5.41, 5.74) is 7.24. The fourth-order valence-corrected chi connectivity index (χ4v) is 4.81. The highest BCUT2D eigenvalue weighted by molar-refractivity contribution is 7.22. The highest BCUT2D eigenvalue weighted by Gasteiger charge is 2.29. The summed E-state index contributed by atoms with van der Waals surface area (Å²) in [6.45, 7) is 3.26. The van der Waals surface area contributed by atoms with Gasteiger partial charge in [-0.15, -0.1) is 24.8 Å². The maximum atomic E-state index is 12.5. The minimum atomic E-state index is -0.416. The molecule has 0 radical (unpaired) electrons. The minimum Gasteiger partial charge on any atom is -0.381 e. The summed E-state index contributed by atoms with van der Waals surface area (Å²) in [5, 5.41) is 4.24. The van der Waals surface area contributed by atoms with E-state index in [1.807, 2.05) is 12.1 Å². The Morgan fingerprint density at radius 3 is 2.54 bits per heavy atom. The van der Waals surface area contributed by atoms with Crippen LogP contribution in [0.4, 0.5) is 5.13 Å². The number of para-hydroxylation sites is 1. The predicted octanol–water partition coefficient (Wildman–Crippen LogP) is 2.98. The maximum Gasteiger partial charge on any atom is 0.237 e. The number of thiazole rings is 1. The Balaban J connectivity index is 0.00000140. The Hall–Kier alpha value is -1.12. The van der Waals surface area contributed by atoms with E-state index in [4.69, 9.17) is 15.5 Å². The second-order valence-corrected chi connectivity index (χ2v) is 8.22. The van der Waals surface area contributed by atoms with E-state index in [1.54, 1.807) is 11.3 Å². The van der Waals surface area contributed by atoms with E-state index in [2.05, 4.69) is 22.3 Å². The molecular weight excluding hydrogens is 419 g/mol. The summed E-state index contributed by atoms with van der Waals surface area (Å²) in [7, 11) is 0. The number of amides is 1. The van der Waals surface area contributed by atoms with Gasteiger partial charge in [0.25, 0.3) is 0 Å². The molecule has 6 nitrogen and oxygen atoms in total. The molecule has 0 aliphatic carbocycles. The number of aromatic nitrogens is 1. The van der Waals surface area contributed by atoms with E-state index in [0.717, 1.165) is 49.4 Å². The van der Waals surface area contributed by atoms with Gasteiger partial charge < -0.3 is 20.7 Å². The molecule has 2 saturated heterocycles. The number of hydrogen-bond acceptors (Lipinski definition) is 6. The first-order valence-corrected chi connectivity index (χ1v) is 10.3. The second kappa shape index (κ2) is 10.6. The molecule has 1 amide bonds. The van der Waals surface area contributed by atoms with Gasteiger partial charge in [0.05, 0.1) is 16.3 Å². The van der Waals surface area contributed by atoms with E-state index in [9.17, 15) is 4.79 Å². The summed E-state index contributed by atoms with van der Waals surface area (Å²) in [4.78, 5) is 19.5. The molecular formula is C19H28Cl2N4O2S. The third-order valence-electron chi connectivity index (χ3n) is 5.47. The number of ether oxygens (including phenoxy) is 1. The zero-order chi connectivity index (χ0) is 17.9. The summed E-state index contributed by atoms with van der Waals surface area (Å²) in [5.74, 6) is 0.238. The molecule has 28 heavy (non-hydrogen) atoms. The van der Waals surface area contributed by atoms with Crippen LogP contribution in [0.2, 0.25) is 0 Å². The van der Waals surface area contributed by atoms with Gasteiger partial charge in [-0.2, -0.15) is 0 Å². The van der Waals surface area contributed by atoms with Gasteiger partial charge >= 0.3 is 0 Å². The Bertz CT molecular complexity index is 728. The SMILES string of the molecule is Cl.Cl.NC(C(=O)NC1CCN(c2nc3ccccc3s2)CC1)C1CCOCC1. The Kier molecular flexibility index (Phi) is 8.77. The lowest BCUT2D eigenvalue weighted by Crippen LogP contribution is -2.52. The summed E-state index contributed by atoms with van der Waals surface area (Å²) in [6.07, 6.45) is 3.62. The molecule has 2 aromatic rings. The third-order valence-corrected chi connectivity index (χ3v) is 6.57. The zero-order valence-electron chi connectivity index (χ0n) is 15.7. The van der Waals surface area contributed by atoms with Gasteiger partial charge in [-0.3, -0.25) is 4.79 Å². The van der Waals surface area contributed by atoms with E-state index in [0.29, 0.717) is 13.2 Å². The number of nitrogens with zero attached hydrogens (tertiary/aromatic N) is 2. The molecule has 156 valence electrons. The third kappa shape index (κ3) is 5.27. The molecule has 2 aliphatic heterocycles. The first-order valence-electron chi connectivity index (χ1n) is 9.45. The van der Waals surface area contributed by atoms with Crippen LogP contribution in [0, 0.1) is 5.92 Å². The van der Waals surface area contributed by atoms with Gasteiger partial charge in [-0.05, 0) is 43.7 Å². The van der Waals surface area contributed by atoms with Crippen LogP contribution in [0.25, 0.3) is 10.2 Å². The first kappa shape index (κ1) is 23.2. The lowest BCUT2D eigenvalue weighted by Gasteiger charge is -2.33. The van der Waals surface area contributed by atoms with Crippen molar-refractivity contribution in [3.8, 4) is 0 Å². The molecule has 0 bridgehead atoms. The average Bonchev–Trinajstić information content (AvgIpc) is 3.13. The Morgan fingerprint density at radius 1 is 1.18 bits per heavy atom. The quantitative estimate of drug-likeness (QED) is 0.754. The predicted molar refractivity (Wildman–Crippen MR) is 119 cm³/mol. The zero-order valence-corrected chi connectivity index (χ0v) is 18.2. The van der Waals surface area contributed by atoms with Crippen LogP contribution in [0.15, 0.2) is 24.3 Å². The topological polar surface area (TPSA) is 80.5 Å². The highest BCUT2D eigenvalue weighted by Crippen LogP contribution is 2.30. The number of carbonyl (C=O) groups is 1. The summed E-state index contributed by atoms with van der Waals surface area (Å²) >= 11 is 1.74. The standard InChI is InChI=1S/C19H26N4O2S.2ClH/c20-17(13-7-11-25-12-8-13)18(24)21-14-5-9-23(10-6-14)19-22-15-3-1-2-4-16(15)26-19;;/h1-4,13-14,17H,5-12,20H2,(H,21,24);2*1H. The van der Waals surface area contributed by atoms with Crippen molar-refractivity contribution >= 4 is 57.4 Å². The number of nitrogens with one attached hydrogen (secondary N) is 1. The van der Waals surface area contributed by atoms with Gasteiger partial charge in [0.2, 0.25) is 5.91 Å². The molecule has 1 atom stereocenters. The summed E-state index contributed by atoms with van der Waals surface area (Å²) < 4.78 is 6.58. The number of carbonyl (C=O) groups excluding carboxylic acids is 1. The monoisotopic (exact) mass is 446 g/mol.